The standard InChI is InChI=1S/C20H33N5O3/c1-24(2)19(26)17-23-20(21-9-6-11-25-12-15-27-16-13-25)22-10-14-28-18-7-4-3-5-8-18/h3-5,7-8H,6,9-17H2,1-2H3,(H2,21,22,23). The number of carbonyl (C=O) groups is 1. The van der Waals surface area contributed by atoms with Crippen molar-refractivity contribution in [1.82, 2.24) is 20.4 Å². The van der Waals surface area contributed by atoms with Gasteiger partial charge < -0.3 is 25.0 Å². The second kappa shape index (κ2) is 13.0. The van der Waals surface area contributed by atoms with Crippen LogP contribution in [0.4, 0.5) is 0 Å². The summed E-state index contributed by atoms with van der Waals surface area (Å²) in [5.74, 6) is 1.44. The van der Waals surface area contributed by atoms with Crippen molar-refractivity contribution in [1.29, 1.82) is 0 Å². The molecule has 0 aliphatic carbocycles. The minimum Gasteiger partial charge on any atom is -0.492 e. The van der Waals surface area contributed by atoms with E-state index in [4.69, 9.17) is 9.47 Å². The fourth-order valence-electron chi connectivity index (χ4n) is 2.65. The van der Waals surface area contributed by atoms with Gasteiger partial charge in [-0.2, -0.15) is 0 Å². The number of hydrogen-bond donors (Lipinski definition) is 2. The van der Waals surface area contributed by atoms with Crippen LogP contribution in [-0.4, -0.2) is 94.9 Å². The van der Waals surface area contributed by atoms with Crippen LogP contribution in [0.1, 0.15) is 6.42 Å². The molecule has 8 heteroatoms. The molecule has 1 saturated heterocycles. The molecular formula is C20H33N5O3. The smallest absolute Gasteiger partial charge is 0.243 e. The van der Waals surface area contributed by atoms with Crippen LogP contribution in [0, 0.1) is 0 Å². The van der Waals surface area contributed by atoms with Crippen LogP contribution in [0.5, 0.6) is 5.75 Å². The summed E-state index contributed by atoms with van der Waals surface area (Å²) in [4.78, 5) is 20.1. The van der Waals surface area contributed by atoms with E-state index in [0.717, 1.165) is 51.6 Å². The molecular weight excluding hydrogens is 358 g/mol. The zero-order valence-electron chi connectivity index (χ0n) is 17.0. The summed E-state index contributed by atoms with van der Waals surface area (Å²) in [5, 5.41) is 6.54. The van der Waals surface area contributed by atoms with Crippen LogP contribution in [0.2, 0.25) is 0 Å². The lowest BCUT2D eigenvalue weighted by atomic mass is 10.3. The van der Waals surface area contributed by atoms with Crippen LogP contribution < -0.4 is 15.4 Å². The molecule has 0 unspecified atom stereocenters. The molecule has 156 valence electrons. The van der Waals surface area contributed by atoms with Gasteiger partial charge in [-0.1, -0.05) is 18.2 Å². The van der Waals surface area contributed by atoms with Crippen molar-refractivity contribution < 1.29 is 14.3 Å². The van der Waals surface area contributed by atoms with E-state index in [1.54, 1.807) is 14.1 Å². The fourth-order valence-corrected chi connectivity index (χ4v) is 2.65. The molecule has 2 rings (SSSR count). The van der Waals surface area contributed by atoms with Gasteiger partial charge in [-0.05, 0) is 25.1 Å². The third kappa shape index (κ3) is 9.05. The summed E-state index contributed by atoms with van der Waals surface area (Å²) in [6.07, 6.45) is 1.00. The van der Waals surface area contributed by atoms with E-state index in [2.05, 4.69) is 20.5 Å². The molecule has 8 nitrogen and oxygen atoms in total. The predicted molar refractivity (Wildman–Crippen MR) is 111 cm³/mol. The van der Waals surface area contributed by atoms with Gasteiger partial charge in [0.15, 0.2) is 5.96 Å². The first-order chi connectivity index (χ1) is 13.6. The number of rotatable bonds is 10. The van der Waals surface area contributed by atoms with Crippen molar-refractivity contribution in [3.05, 3.63) is 30.3 Å². The van der Waals surface area contributed by atoms with Gasteiger partial charge >= 0.3 is 0 Å². The predicted octanol–water partition coefficient (Wildman–Crippen LogP) is 0.411. The van der Waals surface area contributed by atoms with E-state index < -0.39 is 0 Å². The second-order valence-corrected chi connectivity index (χ2v) is 6.78. The van der Waals surface area contributed by atoms with E-state index in [1.807, 2.05) is 30.3 Å². The second-order valence-electron chi connectivity index (χ2n) is 6.78. The lowest BCUT2D eigenvalue weighted by Crippen LogP contribution is -2.42. The number of morpholine rings is 1. The highest BCUT2D eigenvalue weighted by Crippen LogP contribution is 2.07. The third-order valence-electron chi connectivity index (χ3n) is 4.32. The molecule has 1 aliphatic heterocycles. The molecule has 0 saturated carbocycles. The Balaban J connectivity index is 1.71. The quantitative estimate of drug-likeness (QED) is 0.342. The first kappa shape index (κ1) is 22.0. The van der Waals surface area contributed by atoms with Gasteiger partial charge in [0.1, 0.15) is 18.9 Å². The highest BCUT2D eigenvalue weighted by Gasteiger charge is 2.09. The van der Waals surface area contributed by atoms with Crippen molar-refractivity contribution >= 4 is 11.9 Å². The van der Waals surface area contributed by atoms with Crippen molar-refractivity contribution in [2.45, 2.75) is 6.42 Å². The molecule has 1 amide bonds. The molecule has 0 atom stereocenters. The maximum atomic E-state index is 11.8. The Morgan fingerprint density at radius 3 is 2.61 bits per heavy atom. The summed E-state index contributed by atoms with van der Waals surface area (Å²) in [7, 11) is 3.46. The SMILES string of the molecule is CN(C)C(=O)CN=C(NCCCN1CCOCC1)NCCOc1ccccc1. The van der Waals surface area contributed by atoms with Crippen LogP contribution >= 0.6 is 0 Å². The van der Waals surface area contributed by atoms with Gasteiger partial charge in [-0.15, -0.1) is 0 Å². The Bertz CT molecular complexity index is 589. The monoisotopic (exact) mass is 391 g/mol. The number of guanidine groups is 1. The molecule has 0 radical (unpaired) electrons. The lowest BCUT2D eigenvalue weighted by molar-refractivity contribution is -0.127. The highest BCUT2D eigenvalue weighted by molar-refractivity contribution is 5.84. The maximum absolute atomic E-state index is 11.8. The number of benzene rings is 1. The van der Waals surface area contributed by atoms with E-state index >= 15 is 0 Å². The van der Waals surface area contributed by atoms with Crippen LogP contribution in [-0.2, 0) is 9.53 Å². The highest BCUT2D eigenvalue weighted by atomic mass is 16.5. The minimum absolute atomic E-state index is 0.0325. The number of nitrogens with one attached hydrogen (secondary N) is 2. The molecule has 1 fully saturated rings. The number of likely N-dealkylation sites (N-methyl/N-ethyl adjacent to an activating group) is 1. The van der Waals surface area contributed by atoms with E-state index in [1.165, 1.54) is 4.90 Å². The average Bonchev–Trinajstić information content (AvgIpc) is 2.73. The number of nitrogens with zero attached hydrogens (tertiary/aromatic N) is 3. The summed E-state index contributed by atoms with van der Waals surface area (Å²) < 4.78 is 11.1. The zero-order valence-corrected chi connectivity index (χ0v) is 17.0. The van der Waals surface area contributed by atoms with Gasteiger partial charge in [0, 0.05) is 33.7 Å². The molecule has 1 aliphatic rings. The summed E-state index contributed by atoms with van der Waals surface area (Å²) >= 11 is 0. The molecule has 28 heavy (non-hydrogen) atoms. The van der Waals surface area contributed by atoms with Crippen molar-refractivity contribution in [3.8, 4) is 5.75 Å². The van der Waals surface area contributed by atoms with Crippen LogP contribution in [0.3, 0.4) is 0 Å². The normalized spacial score (nSPS) is 15.1. The third-order valence-corrected chi connectivity index (χ3v) is 4.32. The zero-order chi connectivity index (χ0) is 20.0. The number of aliphatic imine (C=N–C) groups is 1. The molecule has 0 bridgehead atoms. The Morgan fingerprint density at radius 1 is 1.18 bits per heavy atom. The molecule has 1 aromatic carbocycles. The number of hydrogen-bond acceptors (Lipinski definition) is 5. The Labute approximate surface area is 167 Å². The number of carbonyl (C=O) groups excluding carboxylic acids is 1. The van der Waals surface area contributed by atoms with Crippen molar-refractivity contribution in [3.63, 3.8) is 0 Å². The van der Waals surface area contributed by atoms with Crippen molar-refractivity contribution in [2.75, 3.05) is 73.2 Å². The van der Waals surface area contributed by atoms with E-state index in [9.17, 15) is 4.79 Å². The van der Waals surface area contributed by atoms with E-state index in [-0.39, 0.29) is 12.5 Å². The van der Waals surface area contributed by atoms with Gasteiger partial charge in [0.25, 0.3) is 0 Å². The van der Waals surface area contributed by atoms with Gasteiger partial charge in [0.2, 0.25) is 5.91 Å². The van der Waals surface area contributed by atoms with Crippen LogP contribution in [0.25, 0.3) is 0 Å². The molecule has 0 spiro atoms. The molecule has 2 N–H and O–H groups in total. The first-order valence-corrected chi connectivity index (χ1v) is 9.85. The number of para-hydroxylation sites is 1. The Kier molecular flexibility index (Phi) is 10.2. The largest absolute Gasteiger partial charge is 0.492 e. The maximum Gasteiger partial charge on any atom is 0.243 e. The minimum atomic E-state index is -0.0325. The molecule has 0 aromatic heterocycles. The van der Waals surface area contributed by atoms with E-state index in [0.29, 0.717) is 19.1 Å². The average molecular weight is 392 g/mol. The number of ether oxygens (including phenoxy) is 2. The van der Waals surface area contributed by atoms with Gasteiger partial charge in [0.05, 0.1) is 19.8 Å². The Morgan fingerprint density at radius 2 is 1.89 bits per heavy atom. The summed E-state index contributed by atoms with van der Waals surface area (Å²) in [6.45, 7) is 6.66. The number of amides is 1. The first-order valence-electron chi connectivity index (χ1n) is 9.85. The summed E-state index contributed by atoms with van der Waals surface area (Å²) in [5.41, 5.74) is 0. The lowest BCUT2D eigenvalue weighted by Gasteiger charge is -2.26. The van der Waals surface area contributed by atoms with Gasteiger partial charge in [-0.25, -0.2) is 4.99 Å². The van der Waals surface area contributed by atoms with Crippen LogP contribution in [0.15, 0.2) is 35.3 Å². The van der Waals surface area contributed by atoms with Crippen molar-refractivity contribution in [2.24, 2.45) is 4.99 Å². The fraction of sp³-hybridized carbons (Fsp3) is 0.600. The topological polar surface area (TPSA) is 78.4 Å². The van der Waals surface area contributed by atoms with Gasteiger partial charge in [-0.3, -0.25) is 9.69 Å². The molecule has 1 aromatic rings. The summed E-state index contributed by atoms with van der Waals surface area (Å²) in [6, 6.07) is 9.69. The molecule has 1 heterocycles. The Hall–Kier alpha value is -2.32.